The highest BCUT2D eigenvalue weighted by Gasteiger charge is 2.04. The van der Waals surface area contributed by atoms with Gasteiger partial charge in [-0.3, -0.25) is 4.98 Å². The maximum Gasteiger partial charge on any atom is 0.0584 e. The van der Waals surface area contributed by atoms with E-state index >= 15 is 0 Å². The number of nitrogens with zero attached hydrogens (tertiary/aromatic N) is 2. The van der Waals surface area contributed by atoms with Crippen molar-refractivity contribution in [1.29, 1.82) is 0 Å². The molecule has 0 aliphatic heterocycles. The van der Waals surface area contributed by atoms with Crippen LogP contribution in [0.15, 0.2) is 18.3 Å². The summed E-state index contributed by atoms with van der Waals surface area (Å²) in [5.41, 5.74) is 7.89. The lowest BCUT2D eigenvalue weighted by molar-refractivity contribution is 0.347. The van der Waals surface area contributed by atoms with Crippen molar-refractivity contribution in [2.45, 2.75) is 13.1 Å². The summed E-state index contributed by atoms with van der Waals surface area (Å²) >= 11 is 1.87. The van der Waals surface area contributed by atoms with Gasteiger partial charge < -0.3 is 10.6 Å². The van der Waals surface area contributed by atoms with Gasteiger partial charge in [0, 0.05) is 31.6 Å². The molecule has 0 aromatic carbocycles. The van der Waals surface area contributed by atoms with Crippen LogP contribution >= 0.6 is 11.8 Å². The first-order chi connectivity index (χ1) is 7.27. The summed E-state index contributed by atoms with van der Waals surface area (Å²) in [5, 5.41) is 0. The first kappa shape index (κ1) is 12.5. The Labute approximate surface area is 96.1 Å². The Bertz CT molecular complexity index is 291. The molecule has 15 heavy (non-hydrogen) atoms. The number of hydrogen-bond acceptors (Lipinski definition) is 4. The van der Waals surface area contributed by atoms with Gasteiger partial charge in [-0.25, -0.2) is 0 Å². The van der Waals surface area contributed by atoms with Crippen molar-refractivity contribution < 1.29 is 0 Å². The van der Waals surface area contributed by atoms with E-state index in [1.165, 1.54) is 5.56 Å². The van der Waals surface area contributed by atoms with Crippen molar-refractivity contribution in [3.8, 4) is 0 Å². The first-order valence-corrected chi connectivity index (χ1v) is 6.47. The van der Waals surface area contributed by atoms with Crippen LogP contribution in [0, 0.1) is 0 Å². The predicted octanol–water partition coefficient (Wildman–Crippen LogP) is 1.34. The number of thioether (sulfide) groups is 1. The van der Waals surface area contributed by atoms with Crippen LogP contribution < -0.4 is 5.73 Å². The SMILES string of the molecule is CSCCN(C)Cc1cccnc1CN. The van der Waals surface area contributed by atoms with Gasteiger partial charge in [-0.2, -0.15) is 11.8 Å². The molecule has 0 spiro atoms. The highest BCUT2D eigenvalue weighted by atomic mass is 32.2. The average Bonchev–Trinajstić information content (AvgIpc) is 2.27. The summed E-state index contributed by atoms with van der Waals surface area (Å²) in [6.45, 7) is 2.55. The molecule has 0 radical (unpaired) electrons. The second-order valence-corrected chi connectivity index (χ2v) is 4.53. The molecule has 0 unspecified atom stereocenters. The van der Waals surface area contributed by atoms with Gasteiger partial charge in [0.15, 0.2) is 0 Å². The van der Waals surface area contributed by atoms with E-state index in [1.807, 2.05) is 17.8 Å². The highest BCUT2D eigenvalue weighted by molar-refractivity contribution is 7.98. The molecule has 0 atom stereocenters. The minimum Gasteiger partial charge on any atom is -0.325 e. The molecule has 1 heterocycles. The smallest absolute Gasteiger partial charge is 0.0584 e. The number of hydrogen-bond donors (Lipinski definition) is 1. The van der Waals surface area contributed by atoms with Gasteiger partial charge in [-0.1, -0.05) is 6.07 Å². The predicted molar refractivity (Wildman–Crippen MR) is 66.8 cm³/mol. The Morgan fingerprint density at radius 3 is 3.00 bits per heavy atom. The van der Waals surface area contributed by atoms with E-state index in [4.69, 9.17) is 5.73 Å². The normalized spacial score (nSPS) is 10.9. The summed E-state index contributed by atoms with van der Waals surface area (Å²) in [7, 11) is 2.13. The maximum absolute atomic E-state index is 5.64. The van der Waals surface area contributed by atoms with Crippen LogP contribution in [0.1, 0.15) is 11.3 Å². The highest BCUT2D eigenvalue weighted by Crippen LogP contribution is 2.07. The van der Waals surface area contributed by atoms with Crippen LogP contribution in [0.3, 0.4) is 0 Å². The Balaban J connectivity index is 2.55. The van der Waals surface area contributed by atoms with E-state index in [0.29, 0.717) is 6.54 Å². The Morgan fingerprint density at radius 2 is 2.33 bits per heavy atom. The molecule has 1 aromatic heterocycles. The lowest BCUT2D eigenvalue weighted by atomic mass is 10.2. The number of nitrogens with two attached hydrogens (primary N) is 1. The van der Waals surface area contributed by atoms with Crippen LogP contribution in [0.4, 0.5) is 0 Å². The average molecular weight is 225 g/mol. The molecule has 0 aliphatic rings. The zero-order valence-electron chi connectivity index (χ0n) is 9.44. The molecule has 4 heteroatoms. The van der Waals surface area contributed by atoms with E-state index in [9.17, 15) is 0 Å². The lowest BCUT2D eigenvalue weighted by Gasteiger charge is -2.17. The lowest BCUT2D eigenvalue weighted by Crippen LogP contribution is -2.22. The van der Waals surface area contributed by atoms with Crippen molar-refractivity contribution >= 4 is 11.8 Å². The largest absolute Gasteiger partial charge is 0.325 e. The number of pyridine rings is 1. The Morgan fingerprint density at radius 1 is 1.53 bits per heavy atom. The quantitative estimate of drug-likeness (QED) is 0.793. The first-order valence-electron chi connectivity index (χ1n) is 5.08. The van der Waals surface area contributed by atoms with E-state index in [0.717, 1.165) is 24.5 Å². The molecule has 1 rings (SSSR count). The molecule has 0 saturated carbocycles. The minimum atomic E-state index is 0.520. The zero-order chi connectivity index (χ0) is 11.1. The molecule has 0 aliphatic carbocycles. The molecular weight excluding hydrogens is 206 g/mol. The maximum atomic E-state index is 5.64. The molecular formula is C11H19N3S. The van der Waals surface area contributed by atoms with E-state index < -0.39 is 0 Å². The summed E-state index contributed by atoms with van der Waals surface area (Å²) < 4.78 is 0. The molecule has 0 saturated heterocycles. The third-order valence-electron chi connectivity index (χ3n) is 2.30. The van der Waals surface area contributed by atoms with Crippen molar-refractivity contribution in [2.24, 2.45) is 5.73 Å². The summed E-state index contributed by atoms with van der Waals surface area (Å²) in [6.07, 6.45) is 3.93. The van der Waals surface area contributed by atoms with E-state index in [2.05, 4.69) is 29.3 Å². The molecule has 0 amide bonds. The molecule has 0 bridgehead atoms. The van der Waals surface area contributed by atoms with Gasteiger partial charge in [0.1, 0.15) is 0 Å². The van der Waals surface area contributed by atoms with Gasteiger partial charge >= 0.3 is 0 Å². The number of aromatic nitrogens is 1. The van der Waals surface area contributed by atoms with E-state index in [1.54, 1.807) is 6.20 Å². The summed E-state index contributed by atoms with van der Waals surface area (Å²) in [6, 6.07) is 4.07. The second kappa shape index (κ2) is 6.82. The third kappa shape index (κ3) is 4.20. The molecule has 2 N–H and O–H groups in total. The van der Waals surface area contributed by atoms with Gasteiger partial charge in [-0.05, 0) is 24.9 Å². The summed E-state index contributed by atoms with van der Waals surface area (Å²) in [4.78, 5) is 6.57. The summed E-state index contributed by atoms with van der Waals surface area (Å²) in [5.74, 6) is 1.16. The molecule has 0 fully saturated rings. The van der Waals surface area contributed by atoms with Crippen molar-refractivity contribution in [2.75, 3.05) is 25.6 Å². The molecule has 3 nitrogen and oxygen atoms in total. The second-order valence-electron chi connectivity index (χ2n) is 3.54. The van der Waals surface area contributed by atoms with E-state index in [-0.39, 0.29) is 0 Å². The van der Waals surface area contributed by atoms with Crippen molar-refractivity contribution in [3.05, 3.63) is 29.6 Å². The fourth-order valence-electron chi connectivity index (χ4n) is 1.42. The minimum absolute atomic E-state index is 0.520. The van der Waals surface area contributed by atoms with Gasteiger partial charge in [0.2, 0.25) is 0 Å². The number of rotatable bonds is 6. The fraction of sp³-hybridized carbons (Fsp3) is 0.545. The van der Waals surface area contributed by atoms with Crippen molar-refractivity contribution in [3.63, 3.8) is 0 Å². The standard InChI is InChI=1S/C11H19N3S/c1-14(6-7-15-2)9-10-4-3-5-13-11(10)8-12/h3-5H,6-9,12H2,1-2H3. The van der Waals surface area contributed by atoms with Gasteiger partial charge in [0.05, 0.1) is 5.69 Å². The molecule has 84 valence electrons. The van der Waals surface area contributed by atoms with Crippen molar-refractivity contribution in [1.82, 2.24) is 9.88 Å². The van der Waals surface area contributed by atoms with Gasteiger partial charge in [-0.15, -0.1) is 0 Å². The van der Waals surface area contributed by atoms with Crippen LogP contribution in [0.5, 0.6) is 0 Å². The van der Waals surface area contributed by atoms with Crippen LogP contribution in [0.2, 0.25) is 0 Å². The third-order valence-corrected chi connectivity index (χ3v) is 2.89. The van der Waals surface area contributed by atoms with Crippen LogP contribution in [-0.4, -0.2) is 35.5 Å². The fourth-order valence-corrected chi connectivity index (χ4v) is 1.91. The monoisotopic (exact) mass is 225 g/mol. The van der Waals surface area contributed by atoms with Gasteiger partial charge in [0.25, 0.3) is 0 Å². The Hall–Kier alpha value is -0.580. The topological polar surface area (TPSA) is 42.2 Å². The van der Waals surface area contributed by atoms with Crippen LogP contribution in [-0.2, 0) is 13.1 Å². The molecule has 1 aromatic rings. The zero-order valence-corrected chi connectivity index (χ0v) is 10.3. The Kier molecular flexibility index (Phi) is 5.68. The van der Waals surface area contributed by atoms with Crippen LogP contribution in [0.25, 0.3) is 0 Å².